The van der Waals surface area contributed by atoms with Crippen LogP contribution in [0.5, 0.6) is 0 Å². The van der Waals surface area contributed by atoms with E-state index in [1.54, 1.807) is 16.2 Å². The summed E-state index contributed by atoms with van der Waals surface area (Å²) < 4.78 is 0. The van der Waals surface area contributed by atoms with Crippen LogP contribution in [0.15, 0.2) is 11.4 Å². The maximum absolute atomic E-state index is 11.8. The van der Waals surface area contributed by atoms with Gasteiger partial charge in [0.1, 0.15) is 6.61 Å². The molecule has 1 aromatic heterocycles. The third-order valence-electron chi connectivity index (χ3n) is 3.17. The van der Waals surface area contributed by atoms with Gasteiger partial charge in [-0.2, -0.15) is 0 Å². The average molecular weight is 278 g/mol. The second kappa shape index (κ2) is 6.71. The van der Waals surface area contributed by atoms with E-state index < -0.39 is 0 Å². The standard InChI is InChI=1S/C14H18N2O2S/c1-15-6-3-7-16(11-14(15)18)10-13-12(4-2-8-17)5-9-19-13/h5,9,17H,3,6-8,10-11H2,1H3. The number of nitrogens with zero attached hydrogens (tertiary/aromatic N) is 2. The largest absolute Gasteiger partial charge is 0.384 e. The fourth-order valence-electron chi connectivity index (χ4n) is 2.09. The Morgan fingerprint density at radius 1 is 1.47 bits per heavy atom. The summed E-state index contributed by atoms with van der Waals surface area (Å²) in [6.45, 7) is 2.87. The molecule has 0 aromatic carbocycles. The lowest BCUT2D eigenvalue weighted by Crippen LogP contribution is -2.33. The third kappa shape index (κ3) is 3.80. The van der Waals surface area contributed by atoms with Crippen molar-refractivity contribution in [1.29, 1.82) is 0 Å². The van der Waals surface area contributed by atoms with Gasteiger partial charge >= 0.3 is 0 Å². The van der Waals surface area contributed by atoms with Crippen LogP contribution in [-0.2, 0) is 11.3 Å². The van der Waals surface area contributed by atoms with E-state index in [1.165, 1.54) is 4.88 Å². The van der Waals surface area contributed by atoms with E-state index in [1.807, 2.05) is 18.5 Å². The number of hydrogen-bond acceptors (Lipinski definition) is 4. The molecule has 1 aromatic rings. The lowest BCUT2D eigenvalue weighted by Gasteiger charge is -2.18. The first-order valence-electron chi connectivity index (χ1n) is 6.33. The van der Waals surface area contributed by atoms with Crippen LogP contribution >= 0.6 is 11.3 Å². The number of likely N-dealkylation sites (N-methyl/N-ethyl adjacent to an activating group) is 1. The van der Waals surface area contributed by atoms with Crippen LogP contribution in [0.3, 0.4) is 0 Å². The molecule has 0 spiro atoms. The molecule has 1 amide bonds. The molecule has 0 saturated carbocycles. The lowest BCUT2D eigenvalue weighted by molar-refractivity contribution is -0.129. The van der Waals surface area contributed by atoms with Gasteiger partial charge in [0.15, 0.2) is 0 Å². The Morgan fingerprint density at radius 2 is 2.32 bits per heavy atom. The van der Waals surface area contributed by atoms with Crippen LogP contribution in [-0.4, -0.2) is 54.1 Å². The number of amides is 1. The highest BCUT2D eigenvalue weighted by Crippen LogP contribution is 2.19. The highest BCUT2D eigenvalue weighted by atomic mass is 32.1. The monoisotopic (exact) mass is 278 g/mol. The van der Waals surface area contributed by atoms with Gasteiger partial charge in [0.2, 0.25) is 5.91 Å². The highest BCUT2D eigenvalue weighted by Gasteiger charge is 2.19. The molecule has 19 heavy (non-hydrogen) atoms. The summed E-state index contributed by atoms with van der Waals surface area (Å²) in [5, 5.41) is 10.8. The number of carbonyl (C=O) groups is 1. The van der Waals surface area contributed by atoms with Gasteiger partial charge in [0.05, 0.1) is 6.54 Å². The first kappa shape index (κ1) is 14.1. The van der Waals surface area contributed by atoms with Crippen molar-refractivity contribution in [3.63, 3.8) is 0 Å². The van der Waals surface area contributed by atoms with Crippen molar-refractivity contribution in [2.75, 3.05) is 33.3 Å². The molecule has 4 nitrogen and oxygen atoms in total. The molecule has 1 fully saturated rings. The van der Waals surface area contributed by atoms with Crippen molar-refractivity contribution in [2.45, 2.75) is 13.0 Å². The van der Waals surface area contributed by atoms with Crippen LogP contribution in [0.1, 0.15) is 16.9 Å². The Labute approximate surface area is 117 Å². The van der Waals surface area contributed by atoms with Crippen LogP contribution in [0, 0.1) is 11.8 Å². The molecule has 0 unspecified atom stereocenters. The Bertz CT molecular complexity index is 501. The number of hydrogen-bond donors (Lipinski definition) is 1. The molecule has 1 aliphatic heterocycles. The zero-order chi connectivity index (χ0) is 13.7. The molecular formula is C14H18N2O2S. The fraction of sp³-hybridized carbons (Fsp3) is 0.500. The number of carbonyl (C=O) groups excluding carboxylic acids is 1. The molecule has 1 N–H and O–H groups in total. The fourth-order valence-corrected chi connectivity index (χ4v) is 2.97. The van der Waals surface area contributed by atoms with Gasteiger partial charge < -0.3 is 10.0 Å². The smallest absolute Gasteiger partial charge is 0.236 e. The molecule has 2 heterocycles. The van der Waals surface area contributed by atoms with Gasteiger partial charge in [0.25, 0.3) is 0 Å². The molecule has 5 heteroatoms. The van der Waals surface area contributed by atoms with Crippen molar-refractivity contribution in [3.8, 4) is 11.8 Å². The zero-order valence-corrected chi connectivity index (χ0v) is 11.9. The third-order valence-corrected chi connectivity index (χ3v) is 4.07. The van der Waals surface area contributed by atoms with Crippen LogP contribution < -0.4 is 0 Å². The first-order chi connectivity index (χ1) is 9.20. The minimum absolute atomic E-state index is 0.123. The quantitative estimate of drug-likeness (QED) is 0.812. The Balaban J connectivity index is 2.04. The molecular weight excluding hydrogens is 260 g/mol. The Hall–Kier alpha value is -1.35. The molecule has 102 valence electrons. The van der Waals surface area contributed by atoms with Gasteiger partial charge in [-0.05, 0) is 17.9 Å². The molecule has 0 bridgehead atoms. The van der Waals surface area contributed by atoms with Crippen molar-refractivity contribution in [1.82, 2.24) is 9.80 Å². The summed E-state index contributed by atoms with van der Waals surface area (Å²) in [6, 6.07) is 1.97. The summed E-state index contributed by atoms with van der Waals surface area (Å²) in [6.07, 6.45) is 1.01. The van der Waals surface area contributed by atoms with E-state index in [0.717, 1.165) is 31.6 Å². The van der Waals surface area contributed by atoms with Crippen molar-refractivity contribution in [2.24, 2.45) is 0 Å². The van der Waals surface area contributed by atoms with E-state index in [2.05, 4.69) is 16.7 Å². The van der Waals surface area contributed by atoms with E-state index in [-0.39, 0.29) is 12.5 Å². The molecule has 0 atom stereocenters. The minimum atomic E-state index is -0.123. The minimum Gasteiger partial charge on any atom is -0.384 e. The van der Waals surface area contributed by atoms with Crippen LogP contribution in [0.2, 0.25) is 0 Å². The number of aliphatic hydroxyl groups excluding tert-OH is 1. The van der Waals surface area contributed by atoms with Gasteiger partial charge in [-0.1, -0.05) is 11.8 Å². The maximum Gasteiger partial charge on any atom is 0.236 e. The van der Waals surface area contributed by atoms with Crippen molar-refractivity contribution >= 4 is 17.2 Å². The molecule has 0 aliphatic carbocycles. The van der Waals surface area contributed by atoms with Crippen LogP contribution in [0.25, 0.3) is 0 Å². The van der Waals surface area contributed by atoms with E-state index in [0.29, 0.717) is 6.54 Å². The number of thiophene rings is 1. The topological polar surface area (TPSA) is 43.8 Å². The molecule has 1 aliphatic rings. The summed E-state index contributed by atoms with van der Waals surface area (Å²) in [5.41, 5.74) is 0.962. The Morgan fingerprint density at radius 3 is 3.11 bits per heavy atom. The van der Waals surface area contributed by atoms with Gasteiger partial charge in [-0.3, -0.25) is 9.69 Å². The number of aliphatic hydroxyl groups is 1. The lowest BCUT2D eigenvalue weighted by atomic mass is 10.2. The Kier molecular flexibility index (Phi) is 4.97. The van der Waals surface area contributed by atoms with Crippen molar-refractivity contribution < 1.29 is 9.90 Å². The summed E-state index contributed by atoms with van der Waals surface area (Å²) in [5.74, 6) is 5.81. The van der Waals surface area contributed by atoms with Gasteiger partial charge in [-0.25, -0.2) is 0 Å². The second-order valence-corrected chi connectivity index (χ2v) is 5.60. The van der Waals surface area contributed by atoms with Gasteiger partial charge in [0, 0.05) is 37.1 Å². The molecule has 2 rings (SSSR count). The average Bonchev–Trinajstić information content (AvgIpc) is 2.76. The zero-order valence-electron chi connectivity index (χ0n) is 11.1. The second-order valence-electron chi connectivity index (χ2n) is 4.60. The SMILES string of the molecule is CN1CCCN(Cc2sccc2C#CCO)CC1=O. The van der Waals surface area contributed by atoms with Crippen molar-refractivity contribution in [3.05, 3.63) is 21.9 Å². The predicted octanol–water partition coefficient (Wildman–Crippen LogP) is 0.756. The summed E-state index contributed by atoms with van der Waals surface area (Å²) in [4.78, 5) is 17.0. The van der Waals surface area contributed by atoms with Gasteiger partial charge in [-0.15, -0.1) is 11.3 Å². The normalized spacial score (nSPS) is 16.9. The van der Waals surface area contributed by atoms with E-state index in [9.17, 15) is 4.79 Å². The predicted molar refractivity (Wildman–Crippen MR) is 75.8 cm³/mol. The molecule has 0 radical (unpaired) electrons. The summed E-state index contributed by atoms with van der Waals surface area (Å²) in [7, 11) is 1.86. The van der Waals surface area contributed by atoms with E-state index in [4.69, 9.17) is 5.11 Å². The van der Waals surface area contributed by atoms with Crippen LogP contribution in [0.4, 0.5) is 0 Å². The van der Waals surface area contributed by atoms with E-state index >= 15 is 0 Å². The summed E-state index contributed by atoms with van der Waals surface area (Å²) >= 11 is 1.65. The highest BCUT2D eigenvalue weighted by molar-refractivity contribution is 7.10. The maximum atomic E-state index is 11.8. The number of rotatable bonds is 2. The first-order valence-corrected chi connectivity index (χ1v) is 7.21. The molecule has 1 saturated heterocycles.